The molecule has 0 heterocycles. The van der Waals surface area contributed by atoms with Crippen molar-refractivity contribution >= 4 is 8.25 Å². The van der Waals surface area contributed by atoms with Gasteiger partial charge >= 0.3 is 8.25 Å². The highest BCUT2D eigenvalue weighted by molar-refractivity contribution is 7.33. The van der Waals surface area contributed by atoms with Crippen molar-refractivity contribution in [2.45, 2.75) is 132 Å². The molecule has 0 N–H and O–H groups in total. The van der Waals surface area contributed by atoms with Crippen molar-refractivity contribution in [2.24, 2.45) is 0 Å². The molecule has 0 spiro atoms. The second-order valence-corrected chi connectivity index (χ2v) is 13.2. The first-order valence-corrected chi connectivity index (χ1v) is 15.1. The fourth-order valence-electron chi connectivity index (χ4n) is 4.85. The predicted octanol–water partition coefficient (Wildman–Crippen LogP) is 10.6. The molecular formula is C32H51O3P. The number of rotatable bonds is 12. The van der Waals surface area contributed by atoms with Gasteiger partial charge in [-0.05, 0) is 80.0 Å². The largest absolute Gasteiger partial charge is 0.319 e. The molecule has 3 nitrogen and oxygen atoms in total. The summed E-state index contributed by atoms with van der Waals surface area (Å²) in [6.07, 6.45) is 0. The summed E-state index contributed by atoms with van der Waals surface area (Å²) in [5, 5.41) is 0. The Hall–Kier alpha value is -1.41. The highest BCUT2D eigenvalue weighted by Crippen LogP contribution is 2.38. The lowest BCUT2D eigenvalue weighted by atomic mass is 9.85. The second-order valence-electron chi connectivity index (χ2n) is 12.1. The standard InChI is InChI=1S/C32H51O3P/c1-19(2)25-13-27(21(5)6)31(28(14-25)22(7)8)17-34-36(33)35-18-32-29(23(9)10)15-26(20(3)4)16-30(32)24(11)12/h13-16,19-24,36H,17-18H2,1-12H3. The molecule has 202 valence electrons. The van der Waals surface area contributed by atoms with E-state index in [0.29, 0.717) is 48.7 Å². The van der Waals surface area contributed by atoms with Crippen molar-refractivity contribution in [3.63, 3.8) is 0 Å². The highest BCUT2D eigenvalue weighted by atomic mass is 31.1. The SMILES string of the molecule is CC(C)c1cc(C(C)C)c(CO[PH](=O)OCc2c(C(C)C)cc(C(C)C)cc2C(C)C)c(C(C)C)c1. The zero-order valence-electron chi connectivity index (χ0n) is 24.9. The molecular weight excluding hydrogens is 463 g/mol. The van der Waals surface area contributed by atoms with Crippen LogP contribution in [0.5, 0.6) is 0 Å². The summed E-state index contributed by atoms with van der Waals surface area (Å²) < 4.78 is 24.8. The van der Waals surface area contributed by atoms with Crippen LogP contribution in [-0.4, -0.2) is 0 Å². The van der Waals surface area contributed by atoms with E-state index in [1.165, 1.54) is 44.5 Å². The molecule has 0 fully saturated rings. The van der Waals surface area contributed by atoms with Crippen LogP contribution in [0.25, 0.3) is 0 Å². The lowest BCUT2D eigenvalue weighted by Gasteiger charge is -2.24. The van der Waals surface area contributed by atoms with Crippen molar-refractivity contribution in [3.05, 3.63) is 68.8 Å². The van der Waals surface area contributed by atoms with Gasteiger partial charge in [0.25, 0.3) is 0 Å². The molecule has 0 unspecified atom stereocenters. The Balaban J connectivity index is 2.29. The third-order valence-electron chi connectivity index (χ3n) is 7.17. The molecule has 0 aromatic heterocycles. The number of benzene rings is 2. The van der Waals surface area contributed by atoms with Crippen LogP contribution in [0.4, 0.5) is 0 Å². The van der Waals surface area contributed by atoms with Crippen LogP contribution in [0.3, 0.4) is 0 Å². The molecule has 2 rings (SSSR count). The Kier molecular flexibility index (Phi) is 11.5. The third-order valence-corrected chi connectivity index (χ3v) is 7.93. The Bertz CT molecular complexity index is 892. The van der Waals surface area contributed by atoms with Crippen LogP contribution in [0.1, 0.15) is 163 Å². The van der Waals surface area contributed by atoms with E-state index in [1.54, 1.807) is 0 Å². The Morgan fingerprint density at radius 1 is 0.500 bits per heavy atom. The second kappa shape index (κ2) is 13.4. The minimum Gasteiger partial charge on any atom is -0.306 e. The molecule has 0 saturated heterocycles. The van der Waals surface area contributed by atoms with Gasteiger partial charge in [-0.25, -0.2) is 0 Å². The van der Waals surface area contributed by atoms with Gasteiger partial charge in [-0.1, -0.05) is 107 Å². The topological polar surface area (TPSA) is 35.5 Å². The normalized spacial score (nSPS) is 12.5. The fourth-order valence-corrected chi connectivity index (χ4v) is 5.46. The zero-order chi connectivity index (χ0) is 27.3. The predicted molar refractivity (Wildman–Crippen MR) is 156 cm³/mol. The minimum absolute atomic E-state index is 0.317. The molecule has 0 saturated carbocycles. The van der Waals surface area contributed by atoms with E-state index in [2.05, 4.69) is 107 Å². The lowest BCUT2D eigenvalue weighted by Crippen LogP contribution is -2.08. The first-order chi connectivity index (χ1) is 16.7. The molecule has 2 aromatic rings. The van der Waals surface area contributed by atoms with Crippen LogP contribution >= 0.6 is 8.25 Å². The average Bonchev–Trinajstić information content (AvgIpc) is 2.79. The van der Waals surface area contributed by atoms with E-state index in [-0.39, 0.29) is 0 Å². The Morgan fingerprint density at radius 3 is 0.944 bits per heavy atom. The van der Waals surface area contributed by atoms with Gasteiger partial charge < -0.3 is 9.05 Å². The quantitative estimate of drug-likeness (QED) is 0.264. The van der Waals surface area contributed by atoms with Gasteiger partial charge in [0, 0.05) is 0 Å². The molecule has 0 aliphatic heterocycles. The van der Waals surface area contributed by atoms with Gasteiger partial charge in [0.05, 0.1) is 13.2 Å². The summed E-state index contributed by atoms with van der Waals surface area (Å²) in [7, 11) is -2.65. The molecule has 0 bridgehead atoms. The van der Waals surface area contributed by atoms with E-state index in [9.17, 15) is 4.57 Å². The van der Waals surface area contributed by atoms with Gasteiger partial charge in [-0.3, -0.25) is 4.57 Å². The first-order valence-electron chi connectivity index (χ1n) is 13.9. The van der Waals surface area contributed by atoms with Crippen LogP contribution in [0, 0.1) is 0 Å². The molecule has 0 atom stereocenters. The van der Waals surface area contributed by atoms with Crippen molar-refractivity contribution < 1.29 is 13.6 Å². The maximum absolute atomic E-state index is 13.0. The van der Waals surface area contributed by atoms with E-state index >= 15 is 0 Å². The first kappa shape index (κ1) is 30.8. The minimum atomic E-state index is -2.65. The molecule has 0 amide bonds. The van der Waals surface area contributed by atoms with E-state index in [0.717, 1.165) is 0 Å². The van der Waals surface area contributed by atoms with Crippen molar-refractivity contribution in [1.29, 1.82) is 0 Å². The monoisotopic (exact) mass is 514 g/mol. The summed E-state index contributed by atoms with van der Waals surface area (Å²) in [4.78, 5) is 0. The van der Waals surface area contributed by atoms with Gasteiger partial charge in [-0.2, -0.15) is 0 Å². The number of hydrogen-bond donors (Lipinski definition) is 0. The van der Waals surface area contributed by atoms with E-state index < -0.39 is 8.25 Å². The van der Waals surface area contributed by atoms with Crippen molar-refractivity contribution in [2.75, 3.05) is 0 Å². The van der Waals surface area contributed by atoms with E-state index in [4.69, 9.17) is 9.05 Å². The smallest absolute Gasteiger partial charge is 0.306 e. The van der Waals surface area contributed by atoms with Crippen LogP contribution in [0.15, 0.2) is 24.3 Å². The lowest BCUT2D eigenvalue weighted by molar-refractivity contribution is 0.210. The summed E-state index contributed by atoms with van der Waals surface area (Å²) >= 11 is 0. The molecule has 0 aliphatic rings. The summed E-state index contributed by atoms with van der Waals surface area (Å²) in [6.45, 7) is 27.3. The molecule has 2 aromatic carbocycles. The Morgan fingerprint density at radius 2 is 0.750 bits per heavy atom. The molecule has 4 heteroatoms. The fraction of sp³-hybridized carbons (Fsp3) is 0.625. The summed E-state index contributed by atoms with van der Waals surface area (Å²) in [5.41, 5.74) is 10.2. The van der Waals surface area contributed by atoms with Gasteiger partial charge in [-0.15, -0.1) is 0 Å². The van der Waals surface area contributed by atoms with Crippen LogP contribution in [0.2, 0.25) is 0 Å². The molecule has 36 heavy (non-hydrogen) atoms. The highest BCUT2D eigenvalue weighted by Gasteiger charge is 2.20. The van der Waals surface area contributed by atoms with Gasteiger partial charge in [0.2, 0.25) is 0 Å². The van der Waals surface area contributed by atoms with Crippen LogP contribution < -0.4 is 0 Å². The maximum Gasteiger partial charge on any atom is 0.319 e. The summed E-state index contributed by atoms with van der Waals surface area (Å²) in [5.74, 6) is 2.39. The van der Waals surface area contributed by atoms with Gasteiger partial charge in [0.15, 0.2) is 0 Å². The van der Waals surface area contributed by atoms with Crippen molar-refractivity contribution in [3.8, 4) is 0 Å². The van der Waals surface area contributed by atoms with E-state index in [1.807, 2.05) is 0 Å². The molecule has 0 aliphatic carbocycles. The number of hydrogen-bond acceptors (Lipinski definition) is 3. The van der Waals surface area contributed by atoms with Gasteiger partial charge in [0.1, 0.15) is 0 Å². The van der Waals surface area contributed by atoms with Crippen LogP contribution in [-0.2, 0) is 26.8 Å². The molecule has 0 radical (unpaired) electrons. The average molecular weight is 515 g/mol. The zero-order valence-corrected chi connectivity index (χ0v) is 25.9. The maximum atomic E-state index is 13.0. The van der Waals surface area contributed by atoms with Crippen molar-refractivity contribution in [1.82, 2.24) is 0 Å². The summed E-state index contributed by atoms with van der Waals surface area (Å²) in [6, 6.07) is 9.21. The third kappa shape index (κ3) is 7.80. The Labute approximate surface area is 222 Å².